The molecule has 1 aliphatic heterocycles. The molecule has 3 aromatic rings. The molecule has 0 bridgehead atoms. The van der Waals surface area contributed by atoms with Crippen LogP contribution in [0.3, 0.4) is 0 Å². The molecule has 33 heavy (non-hydrogen) atoms. The molecule has 4 nitrogen and oxygen atoms in total. The van der Waals surface area contributed by atoms with E-state index in [1.54, 1.807) is 23.8 Å². The van der Waals surface area contributed by atoms with Crippen molar-refractivity contribution in [2.45, 2.75) is 18.4 Å². The minimum absolute atomic E-state index is 0.123. The Bertz CT molecular complexity index is 1240. The highest BCUT2D eigenvalue weighted by atomic mass is 32.2. The number of anilines is 1. The van der Waals surface area contributed by atoms with Gasteiger partial charge in [-0.3, -0.25) is 9.69 Å². The lowest BCUT2D eigenvalue weighted by molar-refractivity contribution is -0.113. The number of hydrogen-bond donors (Lipinski definition) is 0. The highest BCUT2D eigenvalue weighted by molar-refractivity contribution is 8.27. The summed E-state index contributed by atoms with van der Waals surface area (Å²) in [6.45, 7) is 2.51. The van der Waals surface area contributed by atoms with E-state index >= 15 is 0 Å². The summed E-state index contributed by atoms with van der Waals surface area (Å²) in [5.74, 6) is 1.14. The SMILES string of the molecule is COc1cc(/C=C2\SC(=S)N(c3cccc(SC)c3)C2=O)ccc1OCc1cccc(C)c1. The Morgan fingerprint density at radius 2 is 1.88 bits per heavy atom. The molecule has 0 unspecified atom stereocenters. The largest absolute Gasteiger partial charge is 0.493 e. The standard InChI is InChI=1S/C26H23NO3S3/c1-17-6-4-7-19(12-17)16-30-22-11-10-18(13-23(22)29-2)14-24-25(28)27(26(31)33-24)20-8-5-9-21(15-20)32-3/h4-15H,16H2,1-3H3/b24-14-. The van der Waals surface area contributed by atoms with Crippen molar-refractivity contribution in [2.75, 3.05) is 18.3 Å². The summed E-state index contributed by atoms with van der Waals surface area (Å²) in [5, 5.41) is 0. The predicted molar refractivity (Wildman–Crippen MR) is 142 cm³/mol. The summed E-state index contributed by atoms with van der Waals surface area (Å²) in [7, 11) is 1.61. The Morgan fingerprint density at radius 3 is 2.64 bits per heavy atom. The van der Waals surface area contributed by atoms with E-state index in [0.29, 0.717) is 27.3 Å². The van der Waals surface area contributed by atoms with Crippen LogP contribution in [0, 0.1) is 6.92 Å². The van der Waals surface area contributed by atoms with E-state index in [9.17, 15) is 4.79 Å². The second-order valence-corrected chi connectivity index (χ2v) is 9.96. The van der Waals surface area contributed by atoms with Crippen molar-refractivity contribution in [1.29, 1.82) is 0 Å². The number of ether oxygens (including phenoxy) is 2. The quantitative estimate of drug-likeness (QED) is 0.207. The maximum atomic E-state index is 13.1. The molecular weight excluding hydrogens is 470 g/mol. The van der Waals surface area contributed by atoms with E-state index in [0.717, 1.165) is 21.7 Å². The van der Waals surface area contributed by atoms with Crippen LogP contribution >= 0.6 is 35.7 Å². The number of nitrogens with zero attached hydrogens (tertiary/aromatic N) is 1. The molecule has 1 amide bonds. The third kappa shape index (κ3) is 5.43. The molecule has 0 aromatic heterocycles. The topological polar surface area (TPSA) is 38.8 Å². The van der Waals surface area contributed by atoms with E-state index in [1.807, 2.05) is 66.9 Å². The highest BCUT2D eigenvalue weighted by Gasteiger charge is 2.33. The van der Waals surface area contributed by atoms with Crippen molar-refractivity contribution in [2.24, 2.45) is 0 Å². The van der Waals surface area contributed by atoms with Gasteiger partial charge >= 0.3 is 0 Å². The van der Waals surface area contributed by atoms with Crippen LogP contribution in [0.25, 0.3) is 6.08 Å². The van der Waals surface area contributed by atoms with E-state index in [-0.39, 0.29) is 5.91 Å². The van der Waals surface area contributed by atoms with Gasteiger partial charge in [-0.15, -0.1) is 11.8 Å². The van der Waals surface area contributed by atoms with Gasteiger partial charge in [-0.05, 0) is 60.7 Å². The van der Waals surface area contributed by atoms with Gasteiger partial charge in [0.2, 0.25) is 0 Å². The number of methoxy groups -OCH3 is 1. The molecule has 4 rings (SSSR count). The molecule has 1 saturated heterocycles. The Labute approximate surface area is 208 Å². The van der Waals surface area contributed by atoms with Gasteiger partial charge in [-0.2, -0.15) is 0 Å². The number of amides is 1. The Hall–Kier alpha value is -2.74. The summed E-state index contributed by atoms with van der Waals surface area (Å²) in [6.07, 6.45) is 3.84. The minimum atomic E-state index is -0.123. The summed E-state index contributed by atoms with van der Waals surface area (Å²) in [4.78, 5) is 16.4. The van der Waals surface area contributed by atoms with E-state index in [1.165, 1.54) is 17.3 Å². The molecule has 3 aromatic carbocycles. The third-order valence-corrected chi connectivity index (χ3v) is 7.09. The number of carbonyl (C=O) groups excluding carboxylic acids is 1. The first kappa shape index (κ1) is 23.4. The lowest BCUT2D eigenvalue weighted by atomic mass is 10.1. The zero-order valence-electron chi connectivity index (χ0n) is 18.5. The van der Waals surface area contributed by atoms with Gasteiger partial charge in [0, 0.05) is 4.90 Å². The van der Waals surface area contributed by atoms with Crippen LogP contribution in [0.4, 0.5) is 5.69 Å². The van der Waals surface area contributed by atoms with Crippen molar-refractivity contribution >= 4 is 57.7 Å². The van der Waals surface area contributed by atoms with Crippen LogP contribution in [0.2, 0.25) is 0 Å². The number of carbonyl (C=O) groups is 1. The van der Waals surface area contributed by atoms with E-state index in [4.69, 9.17) is 21.7 Å². The fraction of sp³-hybridized carbons (Fsp3) is 0.154. The number of benzene rings is 3. The number of rotatable bonds is 7. The third-order valence-electron chi connectivity index (χ3n) is 5.07. The average molecular weight is 494 g/mol. The van der Waals surface area contributed by atoms with Gasteiger partial charge in [0.1, 0.15) is 6.61 Å². The summed E-state index contributed by atoms with van der Waals surface area (Å²) < 4.78 is 12.0. The summed E-state index contributed by atoms with van der Waals surface area (Å²) in [6, 6.07) is 21.7. The molecular formula is C26H23NO3S3. The molecule has 1 aliphatic rings. The van der Waals surface area contributed by atoms with Crippen molar-refractivity contribution in [3.8, 4) is 11.5 Å². The van der Waals surface area contributed by atoms with Crippen molar-refractivity contribution < 1.29 is 14.3 Å². The predicted octanol–water partition coefficient (Wildman–Crippen LogP) is 6.71. The molecule has 1 heterocycles. The van der Waals surface area contributed by atoms with Gasteiger partial charge in [0.25, 0.3) is 5.91 Å². The average Bonchev–Trinajstić information content (AvgIpc) is 3.10. The molecule has 0 atom stereocenters. The van der Waals surface area contributed by atoms with Crippen LogP contribution in [0.15, 0.2) is 76.5 Å². The Morgan fingerprint density at radius 1 is 1.06 bits per heavy atom. The monoisotopic (exact) mass is 493 g/mol. The zero-order valence-corrected chi connectivity index (χ0v) is 21.0. The van der Waals surface area contributed by atoms with Crippen LogP contribution in [-0.2, 0) is 11.4 Å². The molecule has 0 saturated carbocycles. The molecule has 0 aliphatic carbocycles. The van der Waals surface area contributed by atoms with E-state index in [2.05, 4.69) is 19.1 Å². The van der Waals surface area contributed by atoms with Crippen LogP contribution < -0.4 is 14.4 Å². The molecule has 0 spiro atoms. The zero-order chi connectivity index (χ0) is 23.4. The van der Waals surface area contributed by atoms with Gasteiger partial charge < -0.3 is 9.47 Å². The van der Waals surface area contributed by atoms with Crippen LogP contribution in [0.1, 0.15) is 16.7 Å². The number of hydrogen-bond acceptors (Lipinski definition) is 6. The van der Waals surface area contributed by atoms with Gasteiger partial charge in [0.15, 0.2) is 15.8 Å². The number of aryl methyl sites for hydroxylation is 1. The first-order chi connectivity index (χ1) is 16.0. The lowest BCUT2D eigenvalue weighted by Crippen LogP contribution is -2.27. The van der Waals surface area contributed by atoms with Crippen molar-refractivity contribution in [3.05, 3.63) is 88.3 Å². The first-order valence-corrected chi connectivity index (χ1v) is 12.7. The maximum Gasteiger partial charge on any atom is 0.270 e. The van der Waals surface area contributed by atoms with Crippen molar-refractivity contribution in [3.63, 3.8) is 0 Å². The molecule has 0 N–H and O–H groups in total. The van der Waals surface area contributed by atoms with Gasteiger partial charge in [0.05, 0.1) is 17.7 Å². The number of thiocarbonyl (C=S) groups is 1. The fourth-order valence-electron chi connectivity index (χ4n) is 3.45. The molecule has 1 fully saturated rings. The van der Waals surface area contributed by atoms with Crippen LogP contribution in [0.5, 0.6) is 11.5 Å². The summed E-state index contributed by atoms with van der Waals surface area (Å²) in [5.41, 5.74) is 3.91. The smallest absolute Gasteiger partial charge is 0.270 e. The van der Waals surface area contributed by atoms with Gasteiger partial charge in [-0.1, -0.05) is 65.9 Å². The number of thioether (sulfide) groups is 2. The molecule has 168 valence electrons. The second kappa shape index (κ2) is 10.5. The lowest BCUT2D eigenvalue weighted by Gasteiger charge is -2.15. The normalized spacial score (nSPS) is 14.8. The van der Waals surface area contributed by atoms with Crippen LogP contribution in [-0.4, -0.2) is 23.6 Å². The highest BCUT2D eigenvalue weighted by Crippen LogP contribution is 2.38. The summed E-state index contributed by atoms with van der Waals surface area (Å²) >= 11 is 8.44. The van der Waals surface area contributed by atoms with E-state index < -0.39 is 0 Å². The molecule has 7 heteroatoms. The second-order valence-electron chi connectivity index (χ2n) is 7.41. The van der Waals surface area contributed by atoms with Crippen molar-refractivity contribution in [1.82, 2.24) is 0 Å². The minimum Gasteiger partial charge on any atom is -0.493 e. The first-order valence-electron chi connectivity index (χ1n) is 10.3. The fourth-order valence-corrected chi connectivity index (χ4v) is 5.20. The van der Waals surface area contributed by atoms with Gasteiger partial charge in [-0.25, -0.2) is 0 Å². The Kier molecular flexibility index (Phi) is 7.42. The maximum absolute atomic E-state index is 13.1. The molecule has 0 radical (unpaired) electrons. The Balaban J connectivity index is 1.53.